The third-order valence-electron chi connectivity index (χ3n) is 5.63. The van der Waals surface area contributed by atoms with Crippen LogP contribution in [-0.4, -0.2) is 11.7 Å². The molecule has 1 aliphatic heterocycles. The van der Waals surface area contributed by atoms with Crippen molar-refractivity contribution in [3.63, 3.8) is 0 Å². The van der Waals surface area contributed by atoms with E-state index in [9.17, 15) is 18.4 Å². The number of benzene rings is 3. The molecule has 162 valence electrons. The van der Waals surface area contributed by atoms with Crippen LogP contribution in [0.2, 0.25) is 0 Å². The first-order valence-corrected chi connectivity index (χ1v) is 10.3. The summed E-state index contributed by atoms with van der Waals surface area (Å²) in [6, 6.07) is 19.0. The smallest absolute Gasteiger partial charge is 0.254 e. The molecule has 0 aliphatic carbocycles. The van der Waals surface area contributed by atoms with Gasteiger partial charge in [0.15, 0.2) is 5.78 Å². The molecule has 0 saturated carbocycles. The van der Waals surface area contributed by atoms with Crippen molar-refractivity contribution in [1.29, 1.82) is 0 Å². The van der Waals surface area contributed by atoms with Gasteiger partial charge in [0, 0.05) is 12.2 Å². The molecule has 0 spiro atoms. The van der Waals surface area contributed by atoms with Gasteiger partial charge in [-0.1, -0.05) is 60.7 Å². The lowest BCUT2D eigenvalue weighted by atomic mass is 9.92. The number of fused-ring (bicyclic) bond motifs is 1. The standard InChI is InChI=1S/C26H22F2N2O2/c1-16-23(26(32)29-24(17(2)31)18-9-4-3-5-10-18)20-12-7-6-11-19(20)15-30(16)25-21(27)13-8-14-22(25)28/h3-14,24H,15H2,1-2H3,(H,29,32)/t24-/m1/s1. The number of carbonyl (C=O) groups is 2. The Morgan fingerprint density at radius 3 is 2.19 bits per heavy atom. The highest BCUT2D eigenvalue weighted by Gasteiger charge is 2.31. The van der Waals surface area contributed by atoms with Crippen molar-refractivity contribution in [2.24, 2.45) is 0 Å². The predicted molar refractivity (Wildman–Crippen MR) is 120 cm³/mol. The number of hydrogen-bond donors (Lipinski definition) is 1. The van der Waals surface area contributed by atoms with Crippen molar-refractivity contribution in [2.75, 3.05) is 4.90 Å². The van der Waals surface area contributed by atoms with E-state index in [2.05, 4.69) is 5.32 Å². The van der Waals surface area contributed by atoms with Gasteiger partial charge >= 0.3 is 0 Å². The molecule has 3 aromatic carbocycles. The molecule has 1 aliphatic rings. The van der Waals surface area contributed by atoms with Crippen LogP contribution in [0.5, 0.6) is 0 Å². The summed E-state index contributed by atoms with van der Waals surface area (Å²) in [6.45, 7) is 3.28. The van der Waals surface area contributed by atoms with E-state index in [0.29, 0.717) is 16.8 Å². The number of nitrogens with zero attached hydrogens (tertiary/aromatic N) is 1. The van der Waals surface area contributed by atoms with E-state index in [-0.39, 0.29) is 23.6 Å². The molecule has 4 rings (SSSR count). The summed E-state index contributed by atoms with van der Waals surface area (Å²) in [5, 5.41) is 2.81. The second-order valence-corrected chi connectivity index (χ2v) is 7.70. The third kappa shape index (κ3) is 3.91. The van der Waals surface area contributed by atoms with Crippen LogP contribution in [0.1, 0.15) is 36.6 Å². The summed E-state index contributed by atoms with van der Waals surface area (Å²) >= 11 is 0. The van der Waals surface area contributed by atoms with Crippen LogP contribution in [0.3, 0.4) is 0 Å². The largest absolute Gasteiger partial charge is 0.338 e. The Kier molecular flexibility index (Phi) is 5.86. The Morgan fingerprint density at radius 2 is 1.53 bits per heavy atom. The third-order valence-corrected chi connectivity index (χ3v) is 5.63. The zero-order valence-electron chi connectivity index (χ0n) is 17.7. The molecule has 0 unspecified atom stereocenters. The SMILES string of the molecule is CC(=O)[C@@H](NC(=O)C1=C(C)N(c2c(F)cccc2F)Cc2ccccc21)c1ccccc1. The van der Waals surface area contributed by atoms with Gasteiger partial charge in [-0.05, 0) is 42.7 Å². The number of nitrogens with one attached hydrogen (secondary N) is 1. The van der Waals surface area contributed by atoms with E-state index in [4.69, 9.17) is 0 Å². The second-order valence-electron chi connectivity index (χ2n) is 7.70. The minimum absolute atomic E-state index is 0.212. The summed E-state index contributed by atoms with van der Waals surface area (Å²) in [5.74, 6) is -2.13. The maximum absolute atomic E-state index is 14.6. The van der Waals surface area contributed by atoms with Crippen molar-refractivity contribution in [1.82, 2.24) is 5.32 Å². The Morgan fingerprint density at radius 1 is 0.906 bits per heavy atom. The van der Waals surface area contributed by atoms with Crippen molar-refractivity contribution < 1.29 is 18.4 Å². The van der Waals surface area contributed by atoms with Crippen molar-refractivity contribution >= 4 is 23.0 Å². The molecule has 3 aromatic rings. The highest BCUT2D eigenvalue weighted by atomic mass is 19.1. The fraction of sp³-hybridized carbons (Fsp3) is 0.154. The lowest BCUT2D eigenvalue weighted by molar-refractivity contribution is -0.124. The van der Waals surface area contributed by atoms with Gasteiger partial charge in [-0.2, -0.15) is 0 Å². The van der Waals surface area contributed by atoms with Crippen LogP contribution in [0, 0.1) is 11.6 Å². The first-order chi connectivity index (χ1) is 15.4. The summed E-state index contributed by atoms with van der Waals surface area (Å²) < 4.78 is 29.2. The molecule has 1 N–H and O–H groups in total. The topological polar surface area (TPSA) is 49.4 Å². The molecule has 1 atom stereocenters. The molecule has 1 heterocycles. The Hall–Kier alpha value is -3.80. The number of rotatable bonds is 5. The van der Waals surface area contributed by atoms with Crippen LogP contribution in [0.25, 0.3) is 5.57 Å². The van der Waals surface area contributed by atoms with Gasteiger partial charge in [-0.3, -0.25) is 9.59 Å². The molecule has 4 nitrogen and oxygen atoms in total. The van der Waals surface area contributed by atoms with Gasteiger partial charge < -0.3 is 10.2 Å². The Labute approximate surface area is 185 Å². The molecule has 1 amide bonds. The quantitative estimate of drug-likeness (QED) is 0.606. The zero-order valence-corrected chi connectivity index (χ0v) is 17.7. The Balaban J connectivity index is 1.80. The fourth-order valence-corrected chi connectivity index (χ4v) is 4.07. The van der Waals surface area contributed by atoms with Crippen LogP contribution in [0.15, 0.2) is 78.5 Å². The number of para-hydroxylation sites is 1. The normalized spacial score (nSPS) is 14.1. The van der Waals surface area contributed by atoms with E-state index in [0.717, 1.165) is 5.56 Å². The molecule has 0 aromatic heterocycles. The van der Waals surface area contributed by atoms with Gasteiger partial charge in [-0.15, -0.1) is 0 Å². The minimum Gasteiger partial charge on any atom is -0.338 e. The van der Waals surface area contributed by atoms with Crippen LogP contribution >= 0.6 is 0 Å². The summed E-state index contributed by atoms with van der Waals surface area (Å²) in [4.78, 5) is 27.3. The summed E-state index contributed by atoms with van der Waals surface area (Å²) in [7, 11) is 0. The van der Waals surface area contributed by atoms with E-state index < -0.39 is 23.6 Å². The average Bonchev–Trinajstić information content (AvgIpc) is 2.78. The number of carbonyl (C=O) groups excluding carboxylic acids is 2. The van der Waals surface area contributed by atoms with E-state index in [1.165, 1.54) is 30.0 Å². The van der Waals surface area contributed by atoms with E-state index >= 15 is 0 Å². The van der Waals surface area contributed by atoms with Gasteiger partial charge in [0.1, 0.15) is 23.4 Å². The lowest BCUT2D eigenvalue weighted by Crippen LogP contribution is -2.37. The van der Waals surface area contributed by atoms with Gasteiger partial charge in [0.2, 0.25) is 0 Å². The first kappa shape index (κ1) is 21.4. The maximum atomic E-state index is 14.6. The second kappa shape index (κ2) is 8.75. The molecule has 0 saturated heterocycles. The van der Waals surface area contributed by atoms with Crippen LogP contribution < -0.4 is 10.2 Å². The highest BCUT2D eigenvalue weighted by Crippen LogP contribution is 2.37. The summed E-state index contributed by atoms with van der Waals surface area (Å²) in [6.07, 6.45) is 0. The van der Waals surface area contributed by atoms with Gasteiger partial charge in [0.05, 0.1) is 5.57 Å². The molecule has 0 bridgehead atoms. The zero-order chi connectivity index (χ0) is 22.8. The monoisotopic (exact) mass is 432 g/mol. The highest BCUT2D eigenvalue weighted by molar-refractivity contribution is 6.22. The molecule has 32 heavy (non-hydrogen) atoms. The first-order valence-electron chi connectivity index (χ1n) is 10.3. The number of ketones is 1. The van der Waals surface area contributed by atoms with E-state index in [1.54, 1.807) is 43.3 Å². The minimum atomic E-state index is -0.836. The Bertz CT molecular complexity index is 1200. The van der Waals surface area contributed by atoms with Crippen LogP contribution in [0.4, 0.5) is 14.5 Å². The summed E-state index contributed by atoms with van der Waals surface area (Å²) in [5.41, 5.74) is 2.55. The average molecular weight is 432 g/mol. The predicted octanol–water partition coefficient (Wildman–Crippen LogP) is 5.16. The fourth-order valence-electron chi connectivity index (χ4n) is 4.07. The van der Waals surface area contributed by atoms with Crippen molar-refractivity contribution in [2.45, 2.75) is 26.4 Å². The molecular weight excluding hydrogens is 410 g/mol. The number of hydrogen-bond acceptors (Lipinski definition) is 3. The molecule has 0 radical (unpaired) electrons. The molecule has 0 fully saturated rings. The number of amides is 1. The number of Topliss-reactive ketones (excluding diaryl/α,β-unsaturated/α-hetero) is 1. The number of anilines is 1. The van der Waals surface area contributed by atoms with Gasteiger partial charge in [-0.25, -0.2) is 8.78 Å². The molecule has 6 heteroatoms. The maximum Gasteiger partial charge on any atom is 0.254 e. The van der Waals surface area contributed by atoms with Crippen LogP contribution in [-0.2, 0) is 16.1 Å². The van der Waals surface area contributed by atoms with Crippen molar-refractivity contribution in [3.8, 4) is 0 Å². The van der Waals surface area contributed by atoms with Gasteiger partial charge in [0.25, 0.3) is 5.91 Å². The lowest BCUT2D eigenvalue weighted by Gasteiger charge is -2.34. The molecular formula is C26H22F2N2O2. The number of halogens is 2. The number of allylic oxidation sites excluding steroid dienone is 1. The van der Waals surface area contributed by atoms with E-state index in [1.807, 2.05) is 18.2 Å². The van der Waals surface area contributed by atoms with Crippen molar-refractivity contribution in [3.05, 3.63) is 107 Å².